The molecule has 0 saturated carbocycles. The molecule has 0 saturated heterocycles. The number of nitrogens with zero attached hydrogens (tertiary/aromatic N) is 2. The fourth-order valence-electron chi connectivity index (χ4n) is 2.07. The summed E-state index contributed by atoms with van der Waals surface area (Å²) >= 11 is 0. The second-order valence-electron chi connectivity index (χ2n) is 4.63. The molecule has 0 aliphatic carbocycles. The van der Waals surface area contributed by atoms with Crippen molar-refractivity contribution in [1.29, 1.82) is 0 Å². The molecule has 2 aromatic rings. The lowest BCUT2D eigenvalue weighted by Gasteiger charge is -2.06. The van der Waals surface area contributed by atoms with Gasteiger partial charge in [0.1, 0.15) is 5.82 Å². The molecule has 5 nitrogen and oxygen atoms in total. The molecule has 0 amide bonds. The fourth-order valence-corrected chi connectivity index (χ4v) is 2.07. The zero-order valence-corrected chi connectivity index (χ0v) is 11.2. The SMILES string of the molecule is CCCn1ccn(Cc2ccc(F)c(B(O)O)c2)c1=O. The van der Waals surface area contributed by atoms with Crippen molar-refractivity contribution in [1.82, 2.24) is 9.13 Å². The summed E-state index contributed by atoms with van der Waals surface area (Å²) in [5.74, 6) is -0.681. The molecule has 7 heteroatoms. The molecule has 2 N–H and O–H groups in total. The van der Waals surface area contributed by atoms with E-state index in [1.807, 2.05) is 6.92 Å². The number of hydrogen-bond donors (Lipinski definition) is 2. The van der Waals surface area contributed by atoms with Crippen LogP contribution in [0, 0.1) is 5.82 Å². The third-order valence-corrected chi connectivity index (χ3v) is 3.07. The van der Waals surface area contributed by atoms with Gasteiger partial charge in [0.05, 0.1) is 6.54 Å². The van der Waals surface area contributed by atoms with Crippen LogP contribution in [0.3, 0.4) is 0 Å². The molecule has 0 spiro atoms. The lowest BCUT2D eigenvalue weighted by atomic mass is 9.79. The van der Waals surface area contributed by atoms with E-state index in [1.165, 1.54) is 16.7 Å². The van der Waals surface area contributed by atoms with Crippen LogP contribution in [-0.4, -0.2) is 26.3 Å². The molecule has 1 aromatic carbocycles. The number of hydrogen-bond acceptors (Lipinski definition) is 3. The molecule has 1 aromatic heterocycles. The molecule has 0 radical (unpaired) electrons. The minimum absolute atomic E-state index is 0.137. The average Bonchev–Trinajstić information content (AvgIpc) is 2.74. The van der Waals surface area contributed by atoms with E-state index in [0.717, 1.165) is 12.5 Å². The predicted molar refractivity (Wildman–Crippen MR) is 74.3 cm³/mol. The summed E-state index contributed by atoms with van der Waals surface area (Å²) in [6.45, 7) is 2.89. The summed E-state index contributed by atoms with van der Waals surface area (Å²) in [7, 11) is -1.86. The van der Waals surface area contributed by atoms with E-state index in [1.54, 1.807) is 17.0 Å². The van der Waals surface area contributed by atoms with Crippen molar-refractivity contribution in [2.45, 2.75) is 26.4 Å². The number of rotatable bonds is 5. The first-order valence-electron chi connectivity index (χ1n) is 6.43. The van der Waals surface area contributed by atoms with E-state index < -0.39 is 12.9 Å². The first kappa shape index (κ1) is 14.6. The summed E-state index contributed by atoms with van der Waals surface area (Å²) in [5, 5.41) is 18.1. The van der Waals surface area contributed by atoms with Crippen molar-refractivity contribution in [3.05, 3.63) is 52.5 Å². The molecule has 0 atom stereocenters. The van der Waals surface area contributed by atoms with Gasteiger partial charge in [0.15, 0.2) is 0 Å². The quantitative estimate of drug-likeness (QED) is 0.752. The Morgan fingerprint density at radius 2 is 1.95 bits per heavy atom. The zero-order valence-electron chi connectivity index (χ0n) is 11.2. The van der Waals surface area contributed by atoms with Crippen molar-refractivity contribution in [2.75, 3.05) is 0 Å². The maximum atomic E-state index is 13.4. The lowest BCUT2D eigenvalue weighted by molar-refractivity contribution is 0.423. The molecule has 0 aliphatic rings. The van der Waals surface area contributed by atoms with E-state index in [9.17, 15) is 9.18 Å². The van der Waals surface area contributed by atoms with Gasteiger partial charge in [-0.1, -0.05) is 19.1 Å². The molecular weight excluding hydrogens is 262 g/mol. The third kappa shape index (κ3) is 3.00. The lowest BCUT2D eigenvalue weighted by Crippen LogP contribution is -2.33. The Bertz CT molecular complexity index is 651. The first-order valence-corrected chi connectivity index (χ1v) is 6.43. The van der Waals surface area contributed by atoms with Gasteiger partial charge < -0.3 is 10.0 Å². The van der Waals surface area contributed by atoms with Crippen LogP contribution in [0.5, 0.6) is 0 Å². The summed E-state index contributed by atoms with van der Waals surface area (Å²) in [4.78, 5) is 12.0. The van der Waals surface area contributed by atoms with Gasteiger partial charge in [0, 0.05) is 24.4 Å². The third-order valence-electron chi connectivity index (χ3n) is 3.07. The van der Waals surface area contributed by atoms with E-state index in [0.29, 0.717) is 12.1 Å². The largest absolute Gasteiger partial charge is 0.491 e. The summed E-state index contributed by atoms with van der Waals surface area (Å²) < 4.78 is 16.4. The van der Waals surface area contributed by atoms with Gasteiger partial charge in [-0.25, -0.2) is 9.18 Å². The van der Waals surface area contributed by atoms with E-state index in [4.69, 9.17) is 10.0 Å². The van der Waals surface area contributed by atoms with Gasteiger partial charge in [-0.05, 0) is 18.1 Å². The Kier molecular flexibility index (Phi) is 4.41. The summed E-state index contributed by atoms with van der Waals surface area (Å²) in [6.07, 6.45) is 4.23. The Balaban J connectivity index is 2.26. The maximum absolute atomic E-state index is 13.4. The molecule has 2 rings (SSSR count). The molecule has 1 heterocycles. The Labute approximate surface area is 116 Å². The van der Waals surface area contributed by atoms with Gasteiger partial charge in [-0.2, -0.15) is 0 Å². The highest BCUT2D eigenvalue weighted by Crippen LogP contribution is 2.03. The van der Waals surface area contributed by atoms with Gasteiger partial charge in [-0.15, -0.1) is 0 Å². The molecule has 20 heavy (non-hydrogen) atoms. The van der Waals surface area contributed by atoms with Crippen LogP contribution < -0.4 is 11.2 Å². The second kappa shape index (κ2) is 6.07. The fraction of sp³-hybridized carbons (Fsp3) is 0.308. The van der Waals surface area contributed by atoms with Crippen LogP contribution >= 0.6 is 0 Å². The number of aromatic nitrogens is 2. The van der Waals surface area contributed by atoms with Crippen molar-refractivity contribution in [2.24, 2.45) is 0 Å². The highest BCUT2D eigenvalue weighted by Gasteiger charge is 2.17. The van der Waals surface area contributed by atoms with E-state index in [2.05, 4.69) is 0 Å². The Morgan fingerprint density at radius 3 is 2.60 bits per heavy atom. The van der Waals surface area contributed by atoms with Crippen LogP contribution in [0.2, 0.25) is 0 Å². The topological polar surface area (TPSA) is 67.4 Å². The summed E-state index contributed by atoms with van der Waals surface area (Å²) in [5.41, 5.74) is 0.302. The number of halogens is 1. The van der Waals surface area contributed by atoms with Gasteiger partial charge in [0.25, 0.3) is 0 Å². The molecule has 0 fully saturated rings. The standard InChI is InChI=1S/C13H16BFN2O3/c1-2-5-16-6-7-17(13(16)18)9-10-3-4-12(15)11(8-10)14(19)20/h3-4,6-8,19-20H,2,5,9H2,1H3. The average molecular weight is 278 g/mol. The monoisotopic (exact) mass is 278 g/mol. The molecular formula is C13H16BFN2O3. The Morgan fingerprint density at radius 1 is 1.25 bits per heavy atom. The molecule has 0 bridgehead atoms. The number of imidazole rings is 1. The minimum atomic E-state index is -1.86. The highest BCUT2D eigenvalue weighted by molar-refractivity contribution is 6.58. The van der Waals surface area contributed by atoms with Crippen LogP contribution in [0.25, 0.3) is 0 Å². The number of benzene rings is 1. The van der Waals surface area contributed by atoms with Crippen molar-refractivity contribution >= 4 is 12.6 Å². The van der Waals surface area contributed by atoms with Crippen LogP contribution in [0.4, 0.5) is 4.39 Å². The van der Waals surface area contributed by atoms with Crippen molar-refractivity contribution in [3.63, 3.8) is 0 Å². The molecule has 106 valence electrons. The smallest absolute Gasteiger partial charge is 0.423 e. The molecule has 0 aliphatic heterocycles. The minimum Gasteiger partial charge on any atom is -0.423 e. The number of aryl methyl sites for hydroxylation is 1. The van der Waals surface area contributed by atoms with E-state index >= 15 is 0 Å². The van der Waals surface area contributed by atoms with Gasteiger partial charge in [0.2, 0.25) is 0 Å². The van der Waals surface area contributed by atoms with E-state index in [-0.39, 0.29) is 17.7 Å². The maximum Gasteiger partial charge on any atom is 0.491 e. The second-order valence-corrected chi connectivity index (χ2v) is 4.63. The normalized spacial score (nSPS) is 10.8. The first-order chi connectivity index (χ1) is 9.52. The summed E-state index contributed by atoms with van der Waals surface area (Å²) in [6, 6.07) is 4.03. The Hall–Kier alpha value is -1.86. The zero-order chi connectivity index (χ0) is 14.7. The predicted octanol–water partition coefficient (Wildman–Crippen LogP) is -0.0730. The molecule has 0 unspecified atom stereocenters. The van der Waals surface area contributed by atoms with Crippen LogP contribution in [0.1, 0.15) is 18.9 Å². The van der Waals surface area contributed by atoms with Crippen molar-refractivity contribution < 1.29 is 14.4 Å². The van der Waals surface area contributed by atoms with Crippen molar-refractivity contribution in [3.8, 4) is 0 Å². The highest BCUT2D eigenvalue weighted by atomic mass is 19.1. The van der Waals surface area contributed by atoms with Crippen LogP contribution in [-0.2, 0) is 13.1 Å². The van der Waals surface area contributed by atoms with Crippen LogP contribution in [0.15, 0.2) is 35.4 Å². The van der Waals surface area contributed by atoms with Gasteiger partial charge in [-0.3, -0.25) is 9.13 Å². The van der Waals surface area contributed by atoms with Gasteiger partial charge >= 0.3 is 12.8 Å².